The molecular formula is C13H24N2O4. The first-order valence-electron chi connectivity index (χ1n) is 6.65. The van der Waals surface area contributed by atoms with Gasteiger partial charge in [-0.05, 0) is 26.7 Å². The summed E-state index contributed by atoms with van der Waals surface area (Å²) >= 11 is 0. The Morgan fingerprint density at radius 1 is 1.26 bits per heavy atom. The average Bonchev–Trinajstić information content (AvgIpc) is 2.27. The first kappa shape index (κ1) is 15.8. The molecule has 6 heteroatoms. The van der Waals surface area contributed by atoms with Crippen LogP contribution in [0.1, 0.15) is 46.0 Å². The fraction of sp³-hybridized carbons (Fsp3) is 0.846. The largest absolute Gasteiger partial charge is 0.480 e. The number of carboxylic acid groups (broad SMARTS) is 1. The van der Waals surface area contributed by atoms with Crippen LogP contribution in [0.2, 0.25) is 0 Å². The fourth-order valence-electron chi connectivity index (χ4n) is 2.50. The number of nitrogens with one attached hydrogen (secondary N) is 1. The van der Waals surface area contributed by atoms with Gasteiger partial charge < -0.3 is 20.4 Å². The van der Waals surface area contributed by atoms with Crippen LogP contribution in [0, 0.1) is 0 Å². The first-order chi connectivity index (χ1) is 8.66. The number of carbonyl (C=O) groups is 2. The zero-order chi connectivity index (χ0) is 14.7. The summed E-state index contributed by atoms with van der Waals surface area (Å²) in [6, 6.07) is -0.452. The van der Waals surface area contributed by atoms with Crippen LogP contribution in [0.25, 0.3) is 0 Å². The SMILES string of the molecule is CN(CC(C)(C)O)C(=O)NC1(C(=O)O)CCCCC1. The lowest BCUT2D eigenvalue weighted by Gasteiger charge is -2.36. The number of aliphatic carboxylic acids is 1. The second-order valence-corrected chi connectivity index (χ2v) is 6.05. The van der Waals surface area contributed by atoms with E-state index in [0.29, 0.717) is 12.8 Å². The number of carbonyl (C=O) groups excluding carboxylic acids is 1. The average molecular weight is 272 g/mol. The van der Waals surface area contributed by atoms with Crippen LogP contribution in [0.15, 0.2) is 0 Å². The summed E-state index contributed by atoms with van der Waals surface area (Å²) in [5.74, 6) is -0.975. The molecule has 0 saturated heterocycles. The highest BCUT2D eigenvalue weighted by Gasteiger charge is 2.41. The number of rotatable bonds is 4. The van der Waals surface area contributed by atoms with Crippen LogP contribution in [-0.4, -0.2) is 51.8 Å². The van der Waals surface area contributed by atoms with Gasteiger partial charge in [-0.2, -0.15) is 0 Å². The summed E-state index contributed by atoms with van der Waals surface area (Å²) in [7, 11) is 1.55. The minimum Gasteiger partial charge on any atom is -0.480 e. The molecule has 3 N–H and O–H groups in total. The Morgan fingerprint density at radius 3 is 2.21 bits per heavy atom. The predicted molar refractivity (Wildman–Crippen MR) is 70.9 cm³/mol. The lowest BCUT2D eigenvalue weighted by atomic mass is 9.82. The maximum atomic E-state index is 12.0. The lowest BCUT2D eigenvalue weighted by Crippen LogP contribution is -2.59. The molecule has 0 aromatic heterocycles. The third kappa shape index (κ3) is 4.38. The predicted octanol–water partition coefficient (Wildman–Crippen LogP) is 1.19. The van der Waals surface area contributed by atoms with E-state index < -0.39 is 23.1 Å². The van der Waals surface area contributed by atoms with E-state index in [0.717, 1.165) is 19.3 Å². The van der Waals surface area contributed by atoms with Gasteiger partial charge in [0, 0.05) is 7.05 Å². The van der Waals surface area contributed by atoms with E-state index in [4.69, 9.17) is 0 Å². The van der Waals surface area contributed by atoms with E-state index in [-0.39, 0.29) is 6.54 Å². The summed E-state index contributed by atoms with van der Waals surface area (Å²) in [6.45, 7) is 3.35. The Kier molecular flexibility index (Phi) is 4.79. The lowest BCUT2D eigenvalue weighted by molar-refractivity contribution is -0.145. The van der Waals surface area contributed by atoms with Gasteiger partial charge in [-0.3, -0.25) is 0 Å². The molecule has 0 bridgehead atoms. The number of aliphatic hydroxyl groups is 1. The van der Waals surface area contributed by atoms with Crippen molar-refractivity contribution in [1.82, 2.24) is 10.2 Å². The van der Waals surface area contributed by atoms with Gasteiger partial charge in [0.25, 0.3) is 0 Å². The Morgan fingerprint density at radius 2 is 1.79 bits per heavy atom. The van der Waals surface area contributed by atoms with Crippen molar-refractivity contribution in [2.45, 2.75) is 57.1 Å². The topological polar surface area (TPSA) is 89.9 Å². The van der Waals surface area contributed by atoms with Gasteiger partial charge in [0.2, 0.25) is 0 Å². The summed E-state index contributed by atoms with van der Waals surface area (Å²) in [6.07, 6.45) is 3.54. The highest BCUT2D eigenvalue weighted by molar-refractivity contribution is 5.86. The molecule has 0 aliphatic heterocycles. The molecule has 19 heavy (non-hydrogen) atoms. The maximum absolute atomic E-state index is 12.0. The summed E-state index contributed by atoms with van der Waals surface area (Å²) < 4.78 is 0. The van der Waals surface area contributed by atoms with Crippen molar-refractivity contribution >= 4 is 12.0 Å². The summed E-state index contributed by atoms with van der Waals surface area (Å²) in [5, 5.41) is 21.7. The van der Waals surface area contributed by atoms with E-state index in [1.165, 1.54) is 4.90 Å². The third-order valence-corrected chi connectivity index (χ3v) is 3.43. The van der Waals surface area contributed by atoms with Gasteiger partial charge in [-0.25, -0.2) is 9.59 Å². The van der Waals surface area contributed by atoms with Crippen molar-refractivity contribution < 1.29 is 19.8 Å². The molecule has 0 aromatic carbocycles. The standard InChI is InChI=1S/C13H24N2O4/c1-12(2,19)9-15(3)11(18)14-13(10(16)17)7-5-4-6-8-13/h19H,4-9H2,1-3H3,(H,14,18)(H,16,17). The number of amides is 2. The Bertz CT molecular complexity index is 343. The molecule has 0 atom stereocenters. The van der Waals surface area contributed by atoms with Crippen LogP contribution >= 0.6 is 0 Å². The number of hydrogen-bond acceptors (Lipinski definition) is 3. The van der Waals surface area contributed by atoms with E-state index in [1.807, 2.05) is 0 Å². The molecule has 6 nitrogen and oxygen atoms in total. The van der Waals surface area contributed by atoms with E-state index in [1.54, 1.807) is 20.9 Å². The molecule has 0 spiro atoms. The van der Waals surface area contributed by atoms with Crippen molar-refractivity contribution in [1.29, 1.82) is 0 Å². The number of carboxylic acids is 1. The molecular weight excluding hydrogens is 248 g/mol. The molecule has 1 aliphatic rings. The van der Waals surface area contributed by atoms with Crippen molar-refractivity contribution in [2.24, 2.45) is 0 Å². The molecule has 2 amide bonds. The molecule has 1 fully saturated rings. The molecule has 0 radical (unpaired) electrons. The fourth-order valence-corrected chi connectivity index (χ4v) is 2.50. The quantitative estimate of drug-likeness (QED) is 0.717. The molecule has 110 valence electrons. The van der Waals surface area contributed by atoms with E-state index >= 15 is 0 Å². The summed E-state index contributed by atoms with van der Waals surface area (Å²) in [5.41, 5.74) is -2.15. The molecule has 1 saturated carbocycles. The maximum Gasteiger partial charge on any atom is 0.329 e. The summed E-state index contributed by atoms with van der Waals surface area (Å²) in [4.78, 5) is 24.8. The van der Waals surface area contributed by atoms with Gasteiger partial charge in [-0.1, -0.05) is 19.3 Å². The molecule has 0 aromatic rings. The van der Waals surface area contributed by atoms with Crippen LogP contribution in [0.3, 0.4) is 0 Å². The van der Waals surface area contributed by atoms with Gasteiger partial charge in [-0.15, -0.1) is 0 Å². The van der Waals surface area contributed by atoms with Crippen LogP contribution in [0.4, 0.5) is 4.79 Å². The van der Waals surface area contributed by atoms with Crippen molar-refractivity contribution in [2.75, 3.05) is 13.6 Å². The smallest absolute Gasteiger partial charge is 0.329 e. The number of nitrogens with zero attached hydrogens (tertiary/aromatic N) is 1. The molecule has 1 aliphatic carbocycles. The third-order valence-electron chi connectivity index (χ3n) is 3.43. The minimum absolute atomic E-state index is 0.147. The van der Waals surface area contributed by atoms with E-state index in [2.05, 4.69) is 5.32 Å². The molecule has 0 unspecified atom stereocenters. The van der Waals surface area contributed by atoms with Crippen LogP contribution < -0.4 is 5.32 Å². The van der Waals surface area contributed by atoms with Crippen molar-refractivity contribution in [3.8, 4) is 0 Å². The van der Waals surface area contributed by atoms with Crippen LogP contribution in [0.5, 0.6) is 0 Å². The zero-order valence-corrected chi connectivity index (χ0v) is 11.9. The first-order valence-corrected chi connectivity index (χ1v) is 6.65. The Hall–Kier alpha value is -1.30. The monoisotopic (exact) mass is 272 g/mol. The van der Waals surface area contributed by atoms with E-state index in [9.17, 15) is 19.8 Å². The Labute approximate surface area is 113 Å². The molecule has 0 heterocycles. The highest BCUT2D eigenvalue weighted by Crippen LogP contribution is 2.28. The van der Waals surface area contributed by atoms with Crippen molar-refractivity contribution in [3.63, 3.8) is 0 Å². The molecule has 1 rings (SSSR count). The number of urea groups is 1. The zero-order valence-electron chi connectivity index (χ0n) is 11.9. The van der Waals surface area contributed by atoms with Gasteiger partial charge >= 0.3 is 12.0 Å². The van der Waals surface area contributed by atoms with Gasteiger partial charge in [0.15, 0.2) is 0 Å². The second-order valence-electron chi connectivity index (χ2n) is 6.05. The highest BCUT2D eigenvalue weighted by atomic mass is 16.4. The normalized spacial score (nSPS) is 18.7. The van der Waals surface area contributed by atoms with Gasteiger partial charge in [0.05, 0.1) is 12.1 Å². The van der Waals surface area contributed by atoms with Crippen molar-refractivity contribution in [3.05, 3.63) is 0 Å². The Balaban J connectivity index is 2.69. The number of hydrogen-bond donors (Lipinski definition) is 3. The second kappa shape index (κ2) is 5.77. The minimum atomic E-state index is -1.15. The van der Waals surface area contributed by atoms with Gasteiger partial charge in [0.1, 0.15) is 5.54 Å². The van der Waals surface area contributed by atoms with Crippen LogP contribution in [-0.2, 0) is 4.79 Å². The number of likely N-dealkylation sites (N-methyl/N-ethyl adjacent to an activating group) is 1.